The van der Waals surface area contributed by atoms with Crippen molar-refractivity contribution in [3.05, 3.63) is 77.0 Å². The molecule has 4 rings (SSSR count). The first kappa shape index (κ1) is 25.0. The van der Waals surface area contributed by atoms with Gasteiger partial charge in [0.05, 0.1) is 28.9 Å². The Hall–Kier alpha value is -3.11. The van der Waals surface area contributed by atoms with E-state index in [9.17, 15) is 26.7 Å². The second kappa shape index (κ2) is 8.53. The molecule has 0 spiro atoms. The number of fused-ring (bicyclic) bond motifs is 2. The first-order valence-electron chi connectivity index (χ1n) is 11.0. The molecule has 6 nitrogen and oxygen atoms in total. The number of aromatic nitrogens is 1. The number of pyridine rings is 1. The van der Waals surface area contributed by atoms with Crippen LogP contribution in [0.15, 0.2) is 59.5 Å². The molecule has 0 fully saturated rings. The third kappa shape index (κ3) is 4.85. The van der Waals surface area contributed by atoms with Crippen molar-refractivity contribution in [1.82, 2.24) is 4.98 Å². The quantitative estimate of drug-likeness (QED) is 0.463. The summed E-state index contributed by atoms with van der Waals surface area (Å²) in [4.78, 5) is 3.77. The van der Waals surface area contributed by atoms with Crippen LogP contribution in [0.3, 0.4) is 0 Å². The van der Waals surface area contributed by atoms with Crippen molar-refractivity contribution >= 4 is 27.2 Å². The Morgan fingerprint density at radius 2 is 1.69 bits per heavy atom. The highest BCUT2D eigenvalue weighted by Crippen LogP contribution is 2.41. The molecule has 35 heavy (non-hydrogen) atoms. The summed E-state index contributed by atoms with van der Waals surface area (Å²) in [6, 6.07) is 13.2. The number of anilines is 3. The Morgan fingerprint density at radius 1 is 1.03 bits per heavy atom. The molecule has 1 atom stereocenters. The maximum Gasteiger partial charge on any atom is 0.433 e. The lowest BCUT2D eigenvalue weighted by Gasteiger charge is -2.26. The van der Waals surface area contributed by atoms with Gasteiger partial charge >= 0.3 is 6.18 Å². The number of hydrogen-bond donors (Lipinski definition) is 2. The number of nitrogens with one attached hydrogen (secondary N) is 1. The first-order valence-corrected chi connectivity index (χ1v) is 12.4. The highest BCUT2D eigenvalue weighted by atomic mass is 32.2. The molecule has 2 N–H and O–H groups in total. The molecule has 0 amide bonds. The lowest BCUT2D eigenvalue weighted by Crippen LogP contribution is -2.30. The smallest absolute Gasteiger partial charge is 0.389 e. The van der Waals surface area contributed by atoms with Crippen molar-refractivity contribution in [1.29, 1.82) is 0 Å². The number of sulfonamides is 1. The van der Waals surface area contributed by atoms with Gasteiger partial charge in [0.1, 0.15) is 11.5 Å². The predicted octanol–water partition coefficient (Wildman–Crippen LogP) is 5.90. The van der Waals surface area contributed by atoms with Crippen molar-refractivity contribution in [2.45, 2.75) is 56.8 Å². The van der Waals surface area contributed by atoms with E-state index in [1.54, 1.807) is 25.1 Å². The molecule has 1 aliphatic heterocycles. The van der Waals surface area contributed by atoms with Crippen LogP contribution in [0.1, 0.15) is 56.2 Å². The van der Waals surface area contributed by atoms with E-state index in [1.807, 2.05) is 20.8 Å². The number of halogens is 3. The molecule has 0 aliphatic carbocycles. The summed E-state index contributed by atoms with van der Waals surface area (Å²) < 4.78 is 68.6. The third-order valence-corrected chi connectivity index (χ3v) is 7.69. The van der Waals surface area contributed by atoms with Crippen molar-refractivity contribution in [2.75, 3.05) is 9.62 Å². The zero-order valence-corrected chi connectivity index (χ0v) is 20.5. The van der Waals surface area contributed by atoms with Gasteiger partial charge in [-0.25, -0.2) is 13.4 Å². The molecule has 10 heteroatoms. The second-order valence-electron chi connectivity index (χ2n) is 9.57. The van der Waals surface area contributed by atoms with Gasteiger partial charge in [-0.3, -0.25) is 4.31 Å². The molecule has 0 bridgehead atoms. The third-order valence-electron chi connectivity index (χ3n) is 5.92. The summed E-state index contributed by atoms with van der Waals surface area (Å²) in [7, 11) is -4.12. The molecular formula is C25H26F3N3O3S. The monoisotopic (exact) mass is 505 g/mol. The SMILES string of the molecule is CC(O)c1ccc2c(c1)N(S(=O)(=O)c1ccc(C(C)(C)C)cc1)Cc1ccc(C(F)(F)F)nc1N2. The van der Waals surface area contributed by atoms with Crippen LogP contribution in [0.4, 0.5) is 30.4 Å². The van der Waals surface area contributed by atoms with E-state index in [1.165, 1.54) is 30.3 Å². The van der Waals surface area contributed by atoms with E-state index in [0.717, 1.165) is 15.9 Å². The molecule has 0 saturated carbocycles. The van der Waals surface area contributed by atoms with Gasteiger partial charge in [-0.15, -0.1) is 0 Å². The molecule has 3 aromatic rings. The Bertz CT molecular complexity index is 1360. The van der Waals surface area contributed by atoms with Gasteiger partial charge in [0.25, 0.3) is 10.0 Å². The van der Waals surface area contributed by atoms with E-state index in [4.69, 9.17) is 0 Å². The topological polar surface area (TPSA) is 82.5 Å². The van der Waals surface area contributed by atoms with Gasteiger partial charge in [-0.1, -0.05) is 45.0 Å². The molecular weight excluding hydrogens is 479 g/mol. The zero-order valence-electron chi connectivity index (χ0n) is 19.7. The van der Waals surface area contributed by atoms with Gasteiger partial charge in [-0.2, -0.15) is 13.2 Å². The summed E-state index contributed by atoms with van der Waals surface area (Å²) in [6.07, 6.45) is -5.53. The number of hydrogen-bond acceptors (Lipinski definition) is 5. The molecule has 2 heterocycles. The molecule has 0 radical (unpaired) electrons. The molecule has 186 valence electrons. The van der Waals surface area contributed by atoms with E-state index in [2.05, 4.69) is 10.3 Å². The molecule has 1 aliphatic rings. The van der Waals surface area contributed by atoms with Crippen LogP contribution in [0.2, 0.25) is 0 Å². The van der Waals surface area contributed by atoms with Crippen molar-refractivity contribution in [3.8, 4) is 0 Å². The second-order valence-corrected chi connectivity index (χ2v) is 11.4. The number of aliphatic hydroxyl groups excluding tert-OH is 1. The van der Waals surface area contributed by atoms with Crippen LogP contribution in [0.25, 0.3) is 0 Å². The fourth-order valence-electron chi connectivity index (χ4n) is 3.84. The highest BCUT2D eigenvalue weighted by molar-refractivity contribution is 7.92. The van der Waals surface area contributed by atoms with Gasteiger partial charge in [0.2, 0.25) is 0 Å². The minimum Gasteiger partial charge on any atom is -0.389 e. The average Bonchev–Trinajstić information content (AvgIpc) is 2.94. The molecule has 0 saturated heterocycles. The van der Waals surface area contributed by atoms with Crippen LogP contribution in [-0.4, -0.2) is 18.5 Å². The maximum atomic E-state index is 13.8. The standard InChI is InChI=1S/C25H26F3N3O3S/c1-15(32)16-5-11-20-21(13-16)31(14-17-6-12-22(25(26,27)28)30-23(17)29-20)35(33,34)19-9-7-18(8-10-19)24(2,3)4/h5-13,15,32H,14H2,1-4H3,(H,29,30). The number of benzene rings is 2. The van der Waals surface area contributed by atoms with Crippen molar-refractivity contribution in [3.63, 3.8) is 0 Å². The summed E-state index contributed by atoms with van der Waals surface area (Å²) in [6.45, 7) is 7.35. The zero-order chi connectivity index (χ0) is 25.8. The first-order chi connectivity index (χ1) is 16.2. The molecule has 2 aromatic carbocycles. The van der Waals surface area contributed by atoms with E-state index in [-0.39, 0.29) is 39.6 Å². The molecule has 1 aromatic heterocycles. The largest absolute Gasteiger partial charge is 0.433 e. The average molecular weight is 506 g/mol. The van der Waals surface area contributed by atoms with Crippen molar-refractivity contribution < 1.29 is 26.7 Å². The number of rotatable bonds is 3. The lowest BCUT2D eigenvalue weighted by atomic mass is 9.87. The summed E-state index contributed by atoms with van der Waals surface area (Å²) in [5, 5.41) is 12.9. The fourth-order valence-corrected chi connectivity index (χ4v) is 5.29. The Labute approximate surface area is 202 Å². The summed E-state index contributed by atoms with van der Waals surface area (Å²) in [5.74, 6) is -0.0772. The van der Waals surface area contributed by atoms with Gasteiger partial charge in [0, 0.05) is 5.56 Å². The van der Waals surface area contributed by atoms with Crippen molar-refractivity contribution in [2.24, 2.45) is 0 Å². The van der Waals surface area contributed by atoms with Gasteiger partial charge in [-0.05, 0) is 53.8 Å². The van der Waals surface area contributed by atoms with Crippen LogP contribution in [0.5, 0.6) is 0 Å². The van der Waals surface area contributed by atoms with Crippen LogP contribution in [0, 0.1) is 0 Å². The summed E-state index contributed by atoms with van der Waals surface area (Å²) in [5.41, 5.74) is 0.907. The van der Waals surface area contributed by atoms with Crippen LogP contribution < -0.4 is 9.62 Å². The number of aliphatic hydroxyl groups is 1. The van der Waals surface area contributed by atoms with E-state index in [0.29, 0.717) is 5.56 Å². The van der Waals surface area contributed by atoms with E-state index < -0.39 is 28.0 Å². The maximum absolute atomic E-state index is 13.8. The Morgan fingerprint density at radius 3 is 2.26 bits per heavy atom. The lowest BCUT2D eigenvalue weighted by molar-refractivity contribution is -0.141. The number of nitrogens with zero attached hydrogens (tertiary/aromatic N) is 2. The highest BCUT2D eigenvalue weighted by Gasteiger charge is 2.35. The van der Waals surface area contributed by atoms with Crippen LogP contribution in [-0.2, 0) is 28.2 Å². The molecule has 1 unspecified atom stereocenters. The normalized spacial score (nSPS) is 15.0. The van der Waals surface area contributed by atoms with E-state index >= 15 is 0 Å². The Balaban J connectivity index is 1.87. The number of alkyl halides is 3. The van der Waals surface area contributed by atoms with Gasteiger partial charge < -0.3 is 10.4 Å². The Kier molecular flexibility index (Phi) is 6.09. The minimum absolute atomic E-state index is 0.0437. The summed E-state index contributed by atoms with van der Waals surface area (Å²) >= 11 is 0. The minimum atomic E-state index is -4.65. The predicted molar refractivity (Wildman–Crippen MR) is 128 cm³/mol. The van der Waals surface area contributed by atoms with Gasteiger partial charge in [0.15, 0.2) is 0 Å². The fraction of sp³-hybridized carbons (Fsp3) is 0.320. The van der Waals surface area contributed by atoms with Crippen LogP contribution >= 0.6 is 0 Å².